The quantitative estimate of drug-likeness (QED) is 0.495. The lowest BCUT2D eigenvalue weighted by atomic mass is 10.1. The largest absolute Gasteiger partial charge is 0.369 e. The van der Waals surface area contributed by atoms with Crippen molar-refractivity contribution in [1.82, 2.24) is 20.1 Å². The number of nitrogens with one attached hydrogen (secondary N) is 2. The van der Waals surface area contributed by atoms with Crippen LogP contribution in [0.15, 0.2) is 17.2 Å². The molecule has 19 heavy (non-hydrogen) atoms. The second kappa shape index (κ2) is 6.64. The first kappa shape index (κ1) is 13.2. The summed E-state index contributed by atoms with van der Waals surface area (Å²) < 4.78 is 4.93. The molecule has 0 amide bonds. The summed E-state index contributed by atoms with van der Waals surface area (Å²) in [5.41, 5.74) is 3.58. The summed E-state index contributed by atoms with van der Waals surface area (Å²) in [5, 5.41) is 6.79. The highest BCUT2D eigenvalue weighted by molar-refractivity contribution is 5.56. The standard InChI is InChI=1S/C11H17N7O/c1-2-3-8-10(15-6-16-11(8)18-12)13-5-4-9-14-7-17-19-9/h6-7H,2-5,12H2,1H3,(H2,13,15,16,18). The number of hydrazine groups is 1. The summed E-state index contributed by atoms with van der Waals surface area (Å²) in [5.74, 6) is 7.48. The zero-order valence-corrected chi connectivity index (χ0v) is 10.8. The number of aromatic nitrogens is 4. The summed E-state index contributed by atoms with van der Waals surface area (Å²) in [4.78, 5) is 12.3. The Morgan fingerprint density at radius 1 is 1.16 bits per heavy atom. The van der Waals surface area contributed by atoms with Gasteiger partial charge in [-0.2, -0.15) is 4.98 Å². The van der Waals surface area contributed by atoms with Crippen LogP contribution in [0.1, 0.15) is 24.8 Å². The summed E-state index contributed by atoms with van der Waals surface area (Å²) in [6.07, 6.45) is 5.34. The fourth-order valence-electron chi connectivity index (χ4n) is 1.77. The normalized spacial score (nSPS) is 10.4. The topological polar surface area (TPSA) is 115 Å². The molecule has 0 atom stereocenters. The van der Waals surface area contributed by atoms with E-state index in [0.717, 1.165) is 24.2 Å². The van der Waals surface area contributed by atoms with E-state index in [-0.39, 0.29) is 0 Å². The first-order chi connectivity index (χ1) is 9.35. The van der Waals surface area contributed by atoms with Gasteiger partial charge in [-0.3, -0.25) is 0 Å². The highest BCUT2D eigenvalue weighted by Gasteiger charge is 2.09. The van der Waals surface area contributed by atoms with Crippen LogP contribution in [0.2, 0.25) is 0 Å². The van der Waals surface area contributed by atoms with Crippen LogP contribution in [0.5, 0.6) is 0 Å². The van der Waals surface area contributed by atoms with Gasteiger partial charge in [0.25, 0.3) is 0 Å². The number of anilines is 2. The van der Waals surface area contributed by atoms with Gasteiger partial charge < -0.3 is 15.3 Å². The Morgan fingerprint density at radius 2 is 2.00 bits per heavy atom. The maximum absolute atomic E-state index is 5.45. The lowest BCUT2D eigenvalue weighted by Crippen LogP contribution is -2.15. The van der Waals surface area contributed by atoms with Gasteiger partial charge in [0.15, 0.2) is 6.33 Å². The van der Waals surface area contributed by atoms with Gasteiger partial charge in [-0.05, 0) is 6.42 Å². The maximum atomic E-state index is 5.45. The molecule has 2 heterocycles. The molecule has 0 aliphatic heterocycles. The van der Waals surface area contributed by atoms with Crippen molar-refractivity contribution in [2.45, 2.75) is 26.2 Å². The van der Waals surface area contributed by atoms with Gasteiger partial charge in [0, 0.05) is 18.5 Å². The lowest BCUT2D eigenvalue weighted by Gasteiger charge is -2.12. The van der Waals surface area contributed by atoms with E-state index >= 15 is 0 Å². The van der Waals surface area contributed by atoms with Gasteiger partial charge in [-0.15, -0.1) is 0 Å². The van der Waals surface area contributed by atoms with Crippen molar-refractivity contribution < 1.29 is 4.52 Å². The summed E-state index contributed by atoms with van der Waals surface area (Å²) in [7, 11) is 0. The van der Waals surface area contributed by atoms with Crippen molar-refractivity contribution in [1.29, 1.82) is 0 Å². The molecular weight excluding hydrogens is 246 g/mol. The van der Waals surface area contributed by atoms with Crippen LogP contribution in [-0.4, -0.2) is 26.7 Å². The summed E-state index contributed by atoms with van der Waals surface area (Å²) >= 11 is 0. The van der Waals surface area contributed by atoms with E-state index in [0.29, 0.717) is 24.7 Å². The third kappa shape index (κ3) is 3.38. The van der Waals surface area contributed by atoms with Crippen molar-refractivity contribution >= 4 is 11.6 Å². The Hall–Kier alpha value is -2.22. The Kier molecular flexibility index (Phi) is 4.62. The van der Waals surface area contributed by atoms with E-state index in [9.17, 15) is 0 Å². The van der Waals surface area contributed by atoms with Crippen LogP contribution >= 0.6 is 0 Å². The molecule has 8 nitrogen and oxygen atoms in total. The van der Waals surface area contributed by atoms with Gasteiger partial charge in [0.1, 0.15) is 18.0 Å². The highest BCUT2D eigenvalue weighted by atomic mass is 16.5. The number of nitrogen functional groups attached to an aromatic ring is 1. The number of nitrogens with two attached hydrogens (primary N) is 1. The summed E-state index contributed by atoms with van der Waals surface area (Å²) in [6.45, 7) is 2.75. The fraction of sp³-hybridized carbons (Fsp3) is 0.455. The SMILES string of the molecule is CCCc1c(NN)ncnc1NCCc1ncno1. The molecule has 8 heteroatoms. The molecule has 0 aliphatic carbocycles. The molecule has 2 aromatic heterocycles. The van der Waals surface area contributed by atoms with Crippen LogP contribution in [0.25, 0.3) is 0 Å². The number of hydrogen-bond donors (Lipinski definition) is 3. The van der Waals surface area contributed by atoms with E-state index in [1.165, 1.54) is 12.7 Å². The Labute approximate surface area is 110 Å². The predicted molar refractivity (Wildman–Crippen MR) is 70.3 cm³/mol. The zero-order valence-electron chi connectivity index (χ0n) is 10.8. The molecule has 0 unspecified atom stereocenters. The fourth-order valence-corrected chi connectivity index (χ4v) is 1.77. The molecule has 0 spiro atoms. The van der Waals surface area contributed by atoms with Crippen molar-refractivity contribution in [3.63, 3.8) is 0 Å². The van der Waals surface area contributed by atoms with Crippen LogP contribution in [-0.2, 0) is 12.8 Å². The smallest absolute Gasteiger partial charge is 0.228 e. The lowest BCUT2D eigenvalue weighted by molar-refractivity contribution is 0.379. The first-order valence-corrected chi connectivity index (χ1v) is 6.15. The Bertz CT molecular complexity index is 500. The van der Waals surface area contributed by atoms with E-state index in [1.54, 1.807) is 0 Å². The number of nitrogens with zero attached hydrogens (tertiary/aromatic N) is 4. The molecule has 2 rings (SSSR count). The van der Waals surface area contributed by atoms with E-state index in [1.807, 2.05) is 0 Å². The van der Waals surface area contributed by atoms with Gasteiger partial charge >= 0.3 is 0 Å². The van der Waals surface area contributed by atoms with Crippen molar-refractivity contribution in [2.75, 3.05) is 17.3 Å². The van der Waals surface area contributed by atoms with Gasteiger partial charge in [0.05, 0.1) is 0 Å². The molecule has 0 aromatic carbocycles. The molecule has 0 saturated heterocycles. The van der Waals surface area contributed by atoms with Crippen molar-refractivity contribution in [3.05, 3.63) is 24.1 Å². The van der Waals surface area contributed by atoms with Crippen LogP contribution in [0.4, 0.5) is 11.6 Å². The summed E-state index contributed by atoms with van der Waals surface area (Å²) in [6, 6.07) is 0. The number of hydrogen-bond acceptors (Lipinski definition) is 8. The minimum absolute atomic E-state index is 0.593. The Morgan fingerprint density at radius 3 is 2.68 bits per heavy atom. The number of rotatable bonds is 7. The molecular formula is C11H17N7O. The third-order valence-electron chi connectivity index (χ3n) is 2.62. The van der Waals surface area contributed by atoms with Crippen LogP contribution in [0, 0.1) is 0 Å². The predicted octanol–water partition coefficient (Wildman–Crippen LogP) is 0.752. The second-order valence-electron chi connectivity index (χ2n) is 3.96. The van der Waals surface area contributed by atoms with Crippen LogP contribution in [0.3, 0.4) is 0 Å². The molecule has 0 bridgehead atoms. The average Bonchev–Trinajstić information content (AvgIpc) is 2.94. The molecule has 0 fully saturated rings. The van der Waals surface area contributed by atoms with Crippen molar-refractivity contribution in [3.8, 4) is 0 Å². The van der Waals surface area contributed by atoms with Gasteiger partial charge in [-0.25, -0.2) is 15.8 Å². The molecule has 0 saturated carbocycles. The van der Waals surface area contributed by atoms with Gasteiger partial charge in [0.2, 0.25) is 5.89 Å². The molecule has 2 aromatic rings. The van der Waals surface area contributed by atoms with E-state index < -0.39 is 0 Å². The van der Waals surface area contributed by atoms with Crippen LogP contribution < -0.4 is 16.6 Å². The highest BCUT2D eigenvalue weighted by Crippen LogP contribution is 2.20. The maximum Gasteiger partial charge on any atom is 0.228 e. The molecule has 102 valence electrons. The molecule has 4 N–H and O–H groups in total. The first-order valence-electron chi connectivity index (χ1n) is 6.15. The second-order valence-corrected chi connectivity index (χ2v) is 3.96. The average molecular weight is 263 g/mol. The third-order valence-corrected chi connectivity index (χ3v) is 2.62. The Balaban J connectivity index is 2.02. The molecule has 0 radical (unpaired) electrons. The minimum Gasteiger partial charge on any atom is -0.369 e. The minimum atomic E-state index is 0.593. The van der Waals surface area contributed by atoms with Gasteiger partial charge in [-0.1, -0.05) is 18.5 Å². The zero-order chi connectivity index (χ0) is 13.5. The van der Waals surface area contributed by atoms with E-state index in [4.69, 9.17) is 10.4 Å². The molecule has 0 aliphatic rings. The van der Waals surface area contributed by atoms with Crippen molar-refractivity contribution in [2.24, 2.45) is 5.84 Å². The van der Waals surface area contributed by atoms with E-state index in [2.05, 4.69) is 37.8 Å². The monoisotopic (exact) mass is 263 g/mol.